The number of nitrogens with zero attached hydrogens (tertiary/aromatic N) is 4. The molecule has 5 heterocycles. The number of nitrogens with one attached hydrogen (secondary N) is 4. The number of hydrogen-bond acceptors (Lipinski definition) is 9. The van der Waals surface area contributed by atoms with Crippen molar-refractivity contribution >= 4 is 34.8 Å². The van der Waals surface area contributed by atoms with E-state index in [4.69, 9.17) is 24.2 Å². The number of likely N-dealkylation sites (tertiary alicyclic amines) is 2. The van der Waals surface area contributed by atoms with Crippen LogP contribution in [0, 0.1) is 11.8 Å². The van der Waals surface area contributed by atoms with Crippen LogP contribution in [0.1, 0.15) is 76.1 Å². The van der Waals surface area contributed by atoms with Gasteiger partial charge < -0.3 is 44.6 Å². The summed E-state index contributed by atoms with van der Waals surface area (Å²) in [6.45, 7) is 6.11. The third kappa shape index (κ3) is 8.83. The molecule has 4 N–H and O–H groups in total. The number of H-pyrrole nitrogens is 2. The van der Waals surface area contributed by atoms with Gasteiger partial charge in [-0.25, -0.2) is 19.6 Å². The molecule has 4 amide bonds. The first-order chi connectivity index (χ1) is 29.6. The van der Waals surface area contributed by atoms with Crippen LogP contribution < -0.4 is 10.6 Å². The molecule has 0 saturated carbocycles. The molecule has 320 valence electrons. The Morgan fingerprint density at radius 1 is 0.672 bits per heavy atom. The van der Waals surface area contributed by atoms with Crippen LogP contribution in [0.5, 0.6) is 0 Å². The molecule has 3 fully saturated rings. The zero-order valence-electron chi connectivity index (χ0n) is 35.1. The van der Waals surface area contributed by atoms with E-state index < -0.39 is 24.3 Å². The summed E-state index contributed by atoms with van der Waals surface area (Å²) in [4.78, 5) is 71.9. The van der Waals surface area contributed by atoms with Crippen molar-refractivity contribution in [2.24, 2.45) is 11.8 Å². The van der Waals surface area contributed by atoms with Crippen molar-refractivity contribution in [3.8, 4) is 33.6 Å². The van der Waals surface area contributed by atoms with Gasteiger partial charge in [0.05, 0.1) is 50.1 Å². The van der Waals surface area contributed by atoms with Crippen LogP contribution in [0.2, 0.25) is 0 Å². The Labute approximate surface area is 354 Å². The fraction of sp³-hybridized carbons (Fsp3) is 0.435. The van der Waals surface area contributed by atoms with E-state index in [0.717, 1.165) is 81.7 Å². The summed E-state index contributed by atoms with van der Waals surface area (Å²) in [5, 5.41) is 7.71. The molecule has 2 unspecified atom stereocenters. The molecule has 2 aromatic heterocycles. The molecule has 3 saturated heterocycles. The van der Waals surface area contributed by atoms with Gasteiger partial charge in [0.2, 0.25) is 11.8 Å². The van der Waals surface area contributed by atoms with Gasteiger partial charge in [0.15, 0.2) is 0 Å². The number of aromatic nitrogens is 4. The maximum atomic E-state index is 14.0. The molecule has 15 nitrogen and oxygen atoms in total. The summed E-state index contributed by atoms with van der Waals surface area (Å²) in [5.74, 6) is 1.07. The molecule has 8 rings (SSSR count). The van der Waals surface area contributed by atoms with E-state index in [1.807, 2.05) is 36.0 Å². The van der Waals surface area contributed by atoms with Gasteiger partial charge in [-0.2, -0.15) is 0 Å². The first-order valence-corrected chi connectivity index (χ1v) is 21.2. The van der Waals surface area contributed by atoms with Gasteiger partial charge in [-0.1, -0.05) is 62.4 Å². The van der Waals surface area contributed by atoms with Gasteiger partial charge in [0.25, 0.3) is 0 Å². The Balaban J connectivity index is 0.936. The van der Waals surface area contributed by atoms with E-state index >= 15 is 0 Å². The van der Waals surface area contributed by atoms with E-state index in [1.165, 1.54) is 14.2 Å². The zero-order valence-corrected chi connectivity index (χ0v) is 35.1. The minimum absolute atomic E-state index is 0.0275. The highest BCUT2D eigenvalue weighted by Crippen LogP contribution is 2.36. The molecule has 0 radical (unpaired) electrons. The Hall–Kier alpha value is -6.22. The topological polar surface area (TPSA) is 184 Å². The summed E-state index contributed by atoms with van der Waals surface area (Å²) >= 11 is 0. The second-order valence-electron chi connectivity index (χ2n) is 16.5. The summed E-state index contributed by atoms with van der Waals surface area (Å²) in [5.41, 5.74) is 5.88. The molecule has 0 aliphatic carbocycles. The molecule has 3 aliphatic rings. The maximum Gasteiger partial charge on any atom is 0.407 e. The molecule has 5 aromatic rings. The van der Waals surface area contributed by atoms with Crippen molar-refractivity contribution in [2.45, 2.75) is 76.5 Å². The van der Waals surface area contributed by atoms with Gasteiger partial charge in [-0.15, -0.1) is 0 Å². The lowest BCUT2D eigenvalue weighted by Crippen LogP contribution is -2.53. The molecule has 3 aromatic carbocycles. The molecule has 15 heteroatoms. The van der Waals surface area contributed by atoms with E-state index in [-0.39, 0.29) is 35.7 Å². The molecule has 3 aliphatic heterocycles. The fourth-order valence-electron chi connectivity index (χ4n) is 9.04. The highest BCUT2D eigenvalue weighted by Gasteiger charge is 2.40. The number of methoxy groups -OCH3 is 2. The van der Waals surface area contributed by atoms with E-state index in [9.17, 15) is 19.2 Å². The third-order valence-corrected chi connectivity index (χ3v) is 12.4. The normalized spacial score (nSPS) is 19.2. The minimum atomic E-state index is -0.688. The predicted octanol–water partition coefficient (Wildman–Crippen LogP) is 7.15. The summed E-state index contributed by atoms with van der Waals surface area (Å²) in [6, 6.07) is 19.3. The smallest absolute Gasteiger partial charge is 0.407 e. The fourth-order valence-corrected chi connectivity index (χ4v) is 9.04. The predicted molar refractivity (Wildman–Crippen MR) is 229 cm³/mol. The maximum absolute atomic E-state index is 14.0. The van der Waals surface area contributed by atoms with Gasteiger partial charge in [-0.3, -0.25) is 9.59 Å². The van der Waals surface area contributed by atoms with Crippen molar-refractivity contribution < 1.29 is 33.4 Å². The second-order valence-corrected chi connectivity index (χ2v) is 16.5. The van der Waals surface area contributed by atoms with Crippen LogP contribution in [0.4, 0.5) is 9.59 Å². The average molecular weight is 831 g/mol. The quantitative estimate of drug-likeness (QED) is 0.107. The largest absolute Gasteiger partial charge is 0.453 e. The number of rotatable bonds is 11. The Bertz CT molecular complexity index is 2370. The number of alkyl carbamates (subject to hydrolysis) is 2. The number of fused-ring (bicyclic) bond motifs is 1. The number of amides is 4. The lowest BCUT2D eigenvalue weighted by Gasteiger charge is -2.34. The second kappa shape index (κ2) is 18.2. The van der Waals surface area contributed by atoms with Crippen molar-refractivity contribution in [2.75, 3.05) is 40.5 Å². The molecule has 0 bridgehead atoms. The van der Waals surface area contributed by atoms with Gasteiger partial charge in [-0.05, 0) is 90.0 Å². The van der Waals surface area contributed by atoms with Crippen LogP contribution in [0.15, 0.2) is 73.1 Å². The number of ether oxygens (including phenoxy) is 3. The molecule has 61 heavy (non-hydrogen) atoms. The number of hydrogen-bond donors (Lipinski definition) is 4. The van der Waals surface area contributed by atoms with Crippen LogP contribution in [0.25, 0.3) is 44.4 Å². The first kappa shape index (κ1) is 41.5. The van der Waals surface area contributed by atoms with Crippen molar-refractivity contribution in [1.82, 2.24) is 40.4 Å². The molecule has 4 atom stereocenters. The molecule has 0 spiro atoms. The first-order valence-electron chi connectivity index (χ1n) is 21.2. The molecular formula is C46H54N8O7. The molecular weight excluding hydrogens is 777 g/mol. The highest BCUT2D eigenvalue weighted by atomic mass is 16.5. The van der Waals surface area contributed by atoms with E-state index in [0.29, 0.717) is 39.1 Å². The van der Waals surface area contributed by atoms with Crippen molar-refractivity contribution in [3.63, 3.8) is 0 Å². The van der Waals surface area contributed by atoms with Crippen LogP contribution in [-0.2, 0) is 23.8 Å². The monoisotopic (exact) mass is 830 g/mol. The summed E-state index contributed by atoms with van der Waals surface area (Å²) in [7, 11) is 2.60. The standard InChI is InChI=1S/C46H54N8O7/c1-27(2)39(51-45(57)59-3)43(55)53-19-5-7-37(53)41-47-25-35(49-41)29-11-9-28(10-12-29)31-13-14-33-24-34(16-15-32(33)23-31)36-26-48-42(50-36)38-8-6-20-54(38)44(56)40(52-46(58)60-4)30-17-21-61-22-18-30/h9-16,23-27,30,37-40H,5-8,17-22H2,1-4H3,(H,47,49)(H,48,50)(H,51,57)(H,52,58)/t37?,38-,39?,40-/m0/s1. The van der Waals surface area contributed by atoms with E-state index in [1.54, 1.807) is 0 Å². The SMILES string of the molecule is COC(=O)NC(C(=O)N1CCCC1c1ncc(-c2ccc(-c3ccc4cc(-c5cnc([C@@H]6CCCN6C(=O)[C@@H](NC(=O)OC)C6CCOCC6)[nH]5)ccc4c3)cc2)[nH]1)C(C)C. The summed E-state index contributed by atoms with van der Waals surface area (Å²) < 4.78 is 15.2. The number of aromatic amines is 2. The lowest BCUT2D eigenvalue weighted by molar-refractivity contribution is -0.137. The summed E-state index contributed by atoms with van der Waals surface area (Å²) in [6.07, 6.45) is 7.05. The number of imidazole rings is 2. The minimum Gasteiger partial charge on any atom is -0.453 e. The van der Waals surface area contributed by atoms with Crippen molar-refractivity contribution in [1.29, 1.82) is 0 Å². The Kier molecular flexibility index (Phi) is 12.4. The van der Waals surface area contributed by atoms with Crippen LogP contribution >= 0.6 is 0 Å². The highest BCUT2D eigenvalue weighted by molar-refractivity contribution is 5.91. The number of carbonyl (C=O) groups excluding carboxylic acids is 4. The average Bonchev–Trinajstić information content (AvgIpc) is 4.14. The number of carbonyl (C=O) groups is 4. The van der Waals surface area contributed by atoms with Crippen molar-refractivity contribution in [3.05, 3.63) is 84.7 Å². The third-order valence-electron chi connectivity index (χ3n) is 12.4. The van der Waals surface area contributed by atoms with Gasteiger partial charge >= 0.3 is 12.2 Å². The Morgan fingerprint density at radius 2 is 1.18 bits per heavy atom. The van der Waals surface area contributed by atoms with Gasteiger partial charge in [0.1, 0.15) is 23.7 Å². The zero-order chi connectivity index (χ0) is 42.6. The lowest BCUT2D eigenvalue weighted by atomic mass is 9.90. The Morgan fingerprint density at radius 3 is 1.77 bits per heavy atom. The van der Waals surface area contributed by atoms with Crippen LogP contribution in [-0.4, -0.2) is 106 Å². The van der Waals surface area contributed by atoms with E-state index in [2.05, 4.69) is 81.3 Å². The van der Waals surface area contributed by atoms with Gasteiger partial charge in [0, 0.05) is 31.9 Å². The van der Waals surface area contributed by atoms with Crippen LogP contribution in [0.3, 0.4) is 0 Å². The number of benzene rings is 3.